The number of hydrogen-bond acceptors (Lipinski definition) is 4. The van der Waals surface area contributed by atoms with E-state index in [9.17, 15) is 4.79 Å². The van der Waals surface area contributed by atoms with E-state index in [2.05, 4.69) is 47.4 Å². The summed E-state index contributed by atoms with van der Waals surface area (Å²) in [6.07, 6.45) is 1.69. The lowest BCUT2D eigenvalue weighted by Gasteiger charge is -2.14. The number of imidazole rings is 1. The van der Waals surface area contributed by atoms with Crippen molar-refractivity contribution in [2.24, 2.45) is 4.99 Å². The van der Waals surface area contributed by atoms with Gasteiger partial charge in [0.15, 0.2) is 5.69 Å². The van der Waals surface area contributed by atoms with Gasteiger partial charge in [-0.1, -0.05) is 66.7 Å². The van der Waals surface area contributed by atoms with Gasteiger partial charge in [0.2, 0.25) is 0 Å². The van der Waals surface area contributed by atoms with Crippen molar-refractivity contribution in [1.29, 1.82) is 0 Å². The SMILES string of the molecule is CCOC(=O)c1ncn2c1CN=C(c1ccccc1)c1cc(-c3ccccc3)ccc1-2. The van der Waals surface area contributed by atoms with Gasteiger partial charge in [0, 0.05) is 11.1 Å². The fourth-order valence-electron chi connectivity index (χ4n) is 3.93. The first-order valence-corrected chi connectivity index (χ1v) is 10.3. The van der Waals surface area contributed by atoms with E-state index in [1.54, 1.807) is 13.3 Å². The molecule has 2 heterocycles. The molecule has 0 fully saturated rings. The second-order valence-corrected chi connectivity index (χ2v) is 7.26. The van der Waals surface area contributed by atoms with E-state index < -0.39 is 5.97 Å². The van der Waals surface area contributed by atoms with E-state index in [0.717, 1.165) is 39.3 Å². The zero-order valence-electron chi connectivity index (χ0n) is 17.2. The second kappa shape index (κ2) is 8.03. The summed E-state index contributed by atoms with van der Waals surface area (Å²) in [5, 5.41) is 0. The third-order valence-electron chi connectivity index (χ3n) is 5.39. The van der Waals surface area contributed by atoms with Crippen LogP contribution in [-0.4, -0.2) is 27.8 Å². The number of fused-ring (bicyclic) bond motifs is 3. The molecule has 5 heteroatoms. The first-order valence-electron chi connectivity index (χ1n) is 10.3. The number of rotatable bonds is 4. The molecular weight excluding hydrogens is 386 g/mol. The molecule has 0 saturated heterocycles. The maximum Gasteiger partial charge on any atom is 0.358 e. The minimum absolute atomic E-state index is 0.306. The van der Waals surface area contributed by atoms with Crippen LogP contribution in [0.5, 0.6) is 0 Å². The van der Waals surface area contributed by atoms with E-state index in [1.807, 2.05) is 41.0 Å². The third-order valence-corrected chi connectivity index (χ3v) is 5.39. The maximum atomic E-state index is 12.4. The summed E-state index contributed by atoms with van der Waals surface area (Å²) in [6.45, 7) is 2.44. The molecule has 0 saturated carbocycles. The molecule has 0 radical (unpaired) electrons. The highest BCUT2D eigenvalue weighted by Crippen LogP contribution is 2.31. The Morgan fingerprint density at radius 3 is 2.35 bits per heavy atom. The Labute approximate surface area is 180 Å². The standard InChI is InChI=1S/C26H21N3O2/c1-2-31-26(30)25-23-16-27-24(19-11-7-4-8-12-19)21-15-20(18-9-5-3-6-10-18)13-14-22(21)29(23)17-28-25/h3-15,17H,2,16H2,1H3. The van der Waals surface area contributed by atoms with Gasteiger partial charge in [0.25, 0.3) is 0 Å². The molecule has 31 heavy (non-hydrogen) atoms. The molecule has 1 aromatic heterocycles. The topological polar surface area (TPSA) is 56.5 Å². The predicted molar refractivity (Wildman–Crippen MR) is 121 cm³/mol. The van der Waals surface area contributed by atoms with Gasteiger partial charge in [-0.2, -0.15) is 0 Å². The van der Waals surface area contributed by atoms with Crippen LogP contribution in [0, 0.1) is 0 Å². The first kappa shape index (κ1) is 19.0. The minimum Gasteiger partial charge on any atom is -0.461 e. The summed E-state index contributed by atoms with van der Waals surface area (Å²) in [5.41, 5.74) is 7.17. The van der Waals surface area contributed by atoms with Crippen molar-refractivity contribution in [1.82, 2.24) is 9.55 Å². The molecule has 0 N–H and O–H groups in total. The molecular formula is C26H21N3O2. The summed E-state index contributed by atoms with van der Waals surface area (Å²) in [6, 6.07) is 26.7. The number of nitrogens with zero attached hydrogens (tertiary/aromatic N) is 3. The van der Waals surface area contributed by atoms with Crippen LogP contribution in [-0.2, 0) is 11.3 Å². The van der Waals surface area contributed by atoms with Gasteiger partial charge in [0.1, 0.15) is 6.33 Å². The van der Waals surface area contributed by atoms with Crippen molar-refractivity contribution in [2.45, 2.75) is 13.5 Å². The van der Waals surface area contributed by atoms with Crippen LogP contribution in [0.25, 0.3) is 16.8 Å². The lowest BCUT2D eigenvalue weighted by atomic mass is 9.96. The van der Waals surface area contributed by atoms with Crippen molar-refractivity contribution in [2.75, 3.05) is 6.61 Å². The fourth-order valence-corrected chi connectivity index (χ4v) is 3.93. The number of carbonyl (C=O) groups excluding carboxylic acids is 1. The fraction of sp³-hybridized carbons (Fsp3) is 0.115. The average Bonchev–Trinajstić information content (AvgIpc) is 3.17. The zero-order chi connectivity index (χ0) is 21.2. The monoisotopic (exact) mass is 407 g/mol. The van der Waals surface area contributed by atoms with Crippen molar-refractivity contribution in [3.63, 3.8) is 0 Å². The zero-order valence-corrected chi connectivity index (χ0v) is 17.2. The maximum absolute atomic E-state index is 12.4. The van der Waals surface area contributed by atoms with Crippen LogP contribution in [0.2, 0.25) is 0 Å². The van der Waals surface area contributed by atoms with Gasteiger partial charge in [0.05, 0.1) is 30.2 Å². The number of hydrogen-bond donors (Lipinski definition) is 0. The summed E-state index contributed by atoms with van der Waals surface area (Å²) in [4.78, 5) is 21.7. The van der Waals surface area contributed by atoms with Crippen LogP contribution >= 0.6 is 0 Å². The van der Waals surface area contributed by atoms with E-state index in [4.69, 9.17) is 9.73 Å². The van der Waals surface area contributed by atoms with Gasteiger partial charge >= 0.3 is 5.97 Å². The van der Waals surface area contributed by atoms with Crippen molar-refractivity contribution in [3.05, 3.63) is 108 Å². The predicted octanol–water partition coefficient (Wildman–Crippen LogP) is 5.07. The highest BCUT2D eigenvalue weighted by Gasteiger charge is 2.25. The van der Waals surface area contributed by atoms with Gasteiger partial charge in [-0.05, 0) is 30.2 Å². The lowest BCUT2D eigenvalue weighted by Crippen LogP contribution is -2.09. The number of benzene rings is 3. The van der Waals surface area contributed by atoms with Gasteiger partial charge in [-0.25, -0.2) is 9.78 Å². The quantitative estimate of drug-likeness (QED) is 0.444. The Kier molecular flexibility index (Phi) is 4.92. The highest BCUT2D eigenvalue weighted by atomic mass is 16.5. The van der Waals surface area contributed by atoms with Gasteiger partial charge < -0.3 is 4.74 Å². The van der Waals surface area contributed by atoms with E-state index in [1.165, 1.54) is 0 Å². The molecule has 0 aliphatic carbocycles. The van der Waals surface area contributed by atoms with Gasteiger partial charge in [-0.15, -0.1) is 0 Å². The molecule has 1 aliphatic heterocycles. The second-order valence-electron chi connectivity index (χ2n) is 7.26. The molecule has 0 amide bonds. The average molecular weight is 407 g/mol. The van der Waals surface area contributed by atoms with Crippen LogP contribution < -0.4 is 0 Å². The Balaban J connectivity index is 1.72. The van der Waals surface area contributed by atoms with Crippen molar-refractivity contribution >= 4 is 11.7 Å². The summed E-state index contributed by atoms with van der Waals surface area (Å²) in [5.74, 6) is -0.419. The highest BCUT2D eigenvalue weighted by molar-refractivity contribution is 6.15. The Morgan fingerprint density at radius 1 is 0.935 bits per heavy atom. The first-order chi connectivity index (χ1) is 15.3. The number of aromatic nitrogens is 2. The Hall–Kier alpha value is -3.99. The molecule has 5 nitrogen and oxygen atoms in total. The molecule has 0 unspecified atom stereocenters. The molecule has 0 bridgehead atoms. The van der Waals surface area contributed by atoms with Crippen molar-refractivity contribution < 1.29 is 9.53 Å². The van der Waals surface area contributed by atoms with Crippen LogP contribution in [0.1, 0.15) is 34.2 Å². The summed E-state index contributed by atoms with van der Waals surface area (Å²) >= 11 is 0. The van der Waals surface area contributed by atoms with E-state index in [0.29, 0.717) is 18.8 Å². The minimum atomic E-state index is -0.419. The van der Waals surface area contributed by atoms with Gasteiger partial charge in [-0.3, -0.25) is 9.56 Å². The number of aliphatic imine (C=N–C) groups is 1. The normalized spacial score (nSPS) is 12.4. The lowest BCUT2D eigenvalue weighted by molar-refractivity contribution is 0.0518. The number of carbonyl (C=O) groups is 1. The third kappa shape index (κ3) is 3.44. The molecule has 0 spiro atoms. The van der Waals surface area contributed by atoms with E-state index >= 15 is 0 Å². The number of esters is 1. The van der Waals surface area contributed by atoms with Crippen LogP contribution in [0.15, 0.2) is 90.2 Å². The van der Waals surface area contributed by atoms with E-state index in [-0.39, 0.29) is 0 Å². The largest absolute Gasteiger partial charge is 0.461 e. The van der Waals surface area contributed by atoms with Crippen LogP contribution in [0.3, 0.4) is 0 Å². The molecule has 1 aliphatic rings. The molecule has 3 aromatic carbocycles. The Bertz CT molecular complexity index is 1270. The number of ether oxygens (including phenoxy) is 1. The summed E-state index contributed by atoms with van der Waals surface area (Å²) < 4.78 is 7.16. The molecule has 0 atom stereocenters. The van der Waals surface area contributed by atoms with Crippen molar-refractivity contribution in [3.8, 4) is 16.8 Å². The Morgan fingerprint density at radius 2 is 1.65 bits per heavy atom. The molecule has 4 aromatic rings. The van der Waals surface area contributed by atoms with Crippen LogP contribution in [0.4, 0.5) is 0 Å². The summed E-state index contributed by atoms with van der Waals surface area (Å²) in [7, 11) is 0. The smallest absolute Gasteiger partial charge is 0.358 e. The molecule has 152 valence electrons. The molecule has 5 rings (SSSR count).